The van der Waals surface area contributed by atoms with E-state index in [0.717, 1.165) is 22.5 Å². The van der Waals surface area contributed by atoms with Gasteiger partial charge in [0.1, 0.15) is 0 Å². The largest absolute Gasteiger partial charge is 0.478 e. The van der Waals surface area contributed by atoms with Crippen LogP contribution in [0.25, 0.3) is 17.2 Å². The average Bonchev–Trinajstić information content (AvgIpc) is 3.26. The number of hydrogen-bond acceptors (Lipinski definition) is 4. The number of carboxylic acid groups (broad SMARTS) is 1. The van der Waals surface area contributed by atoms with E-state index < -0.39 is 11.8 Å². The molecule has 0 amide bonds. The van der Waals surface area contributed by atoms with Crippen molar-refractivity contribution >= 4 is 40.7 Å². The summed E-state index contributed by atoms with van der Waals surface area (Å²) in [6.07, 6.45) is 1.58. The fourth-order valence-electron chi connectivity index (χ4n) is 6.26. The maximum absolute atomic E-state index is 13.0. The highest BCUT2D eigenvalue weighted by atomic mass is 16.4. The maximum atomic E-state index is 13.0. The molecule has 0 saturated carbocycles. The van der Waals surface area contributed by atoms with Crippen molar-refractivity contribution < 1.29 is 19.5 Å². The Bertz CT molecular complexity index is 2000. The molecule has 2 aliphatic rings. The molecule has 0 unspecified atom stereocenters. The average molecular weight is 562 g/mol. The highest BCUT2D eigenvalue weighted by Gasteiger charge is 2.37. The predicted octanol–water partition coefficient (Wildman–Crippen LogP) is 8.62. The zero-order valence-electron chi connectivity index (χ0n) is 23.7. The number of allylic oxidation sites excluding steroid dienone is 1. The van der Waals surface area contributed by atoms with Gasteiger partial charge in [0, 0.05) is 22.2 Å². The van der Waals surface area contributed by atoms with Crippen LogP contribution in [-0.4, -0.2) is 22.6 Å². The van der Waals surface area contributed by atoms with Gasteiger partial charge in [-0.15, -0.1) is 0 Å². The smallest absolute Gasteiger partial charge is 0.335 e. The van der Waals surface area contributed by atoms with Crippen LogP contribution in [0.1, 0.15) is 61.6 Å². The van der Waals surface area contributed by atoms with Crippen LogP contribution in [0.5, 0.6) is 0 Å². The van der Waals surface area contributed by atoms with Gasteiger partial charge in [-0.1, -0.05) is 80.6 Å². The molecule has 1 heterocycles. The molecule has 5 aromatic rings. The molecule has 0 radical (unpaired) electrons. The summed E-state index contributed by atoms with van der Waals surface area (Å²) in [4.78, 5) is 39.6. The SMILES string of the molecule is CC1(C)c2ccccc2N(c2ccccc2)c2ccc(-c3ccc(/C=C4\C(=O)c5ccc(C(=O)O)cc5C4=O)cc3)cc21. The summed E-state index contributed by atoms with van der Waals surface area (Å²) in [5.74, 6) is -1.98. The Kier molecular flexibility index (Phi) is 5.99. The Morgan fingerprint density at radius 1 is 0.674 bits per heavy atom. The van der Waals surface area contributed by atoms with E-state index in [4.69, 9.17) is 0 Å². The highest BCUT2D eigenvalue weighted by Crippen LogP contribution is 2.52. The van der Waals surface area contributed by atoms with E-state index in [1.54, 1.807) is 6.08 Å². The number of Topliss-reactive ketones (excluding diaryl/α,β-unsaturated/α-hetero) is 2. The summed E-state index contributed by atoms with van der Waals surface area (Å²) in [5.41, 5.74) is 8.87. The fraction of sp³-hybridized carbons (Fsp3) is 0.0789. The summed E-state index contributed by atoms with van der Waals surface area (Å²) >= 11 is 0. The number of benzene rings is 5. The molecule has 5 heteroatoms. The third-order valence-electron chi connectivity index (χ3n) is 8.54. The van der Waals surface area contributed by atoms with E-state index in [1.165, 1.54) is 35.0 Å². The van der Waals surface area contributed by atoms with Crippen LogP contribution in [-0.2, 0) is 5.41 Å². The van der Waals surface area contributed by atoms with Gasteiger partial charge in [0.15, 0.2) is 11.6 Å². The molecule has 0 atom stereocenters. The Morgan fingerprint density at radius 3 is 2.07 bits per heavy atom. The van der Waals surface area contributed by atoms with Gasteiger partial charge >= 0.3 is 5.97 Å². The zero-order chi connectivity index (χ0) is 29.9. The van der Waals surface area contributed by atoms with Crippen molar-refractivity contribution in [3.63, 3.8) is 0 Å². The van der Waals surface area contributed by atoms with Crippen LogP contribution >= 0.6 is 0 Å². The predicted molar refractivity (Wildman–Crippen MR) is 169 cm³/mol. The number of hydrogen-bond donors (Lipinski definition) is 1. The van der Waals surface area contributed by atoms with Gasteiger partial charge in [-0.3, -0.25) is 9.59 Å². The highest BCUT2D eigenvalue weighted by molar-refractivity contribution is 6.41. The molecule has 0 aromatic heterocycles. The van der Waals surface area contributed by atoms with Crippen molar-refractivity contribution in [2.24, 2.45) is 0 Å². The normalized spacial score (nSPS) is 15.7. The van der Waals surface area contributed by atoms with Gasteiger partial charge < -0.3 is 10.0 Å². The Hall–Kier alpha value is -5.55. The van der Waals surface area contributed by atoms with Crippen molar-refractivity contribution in [1.82, 2.24) is 0 Å². The molecule has 1 aliphatic carbocycles. The summed E-state index contributed by atoms with van der Waals surface area (Å²) in [5, 5.41) is 9.28. The number of aromatic carboxylic acids is 1. The molecule has 43 heavy (non-hydrogen) atoms. The molecular weight excluding hydrogens is 534 g/mol. The first-order chi connectivity index (χ1) is 20.7. The van der Waals surface area contributed by atoms with Crippen LogP contribution in [0.3, 0.4) is 0 Å². The van der Waals surface area contributed by atoms with Crippen molar-refractivity contribution in [1.29, 1.82) is 0 Å². The minimum absolute atomic E-state index is 0.0193. The summed E-state index contributed by atoms with van der Waals surface area (Å²) in [6, 6.07) is 37.3. The van der Waals surface area contributed by atoms with E-state index in [1.807, 2.05) is 30.3 Å². The Labute approximate surface area is 249 Å². The Morgan fingerprint density at radius 2 is 1.33 bits per heavy atom. The summed E-state index contributed by atoms with van der Waals surface area (Å²) in [7, 11) is 0. The van der Waals surface area contributed by atoms with E-state index in [-0.39, 0.29) is 33.5 Å². The standard InChI is InChI=1S/C38H27NO4/c1-38(2)31-10-6-7-11-33(31)39(27-8-4-3-5-9-27)34-19-17-25(22-32(34)38)24-14-12-23(13-15-24)20-30-35(40)28-18-16-26(37(42)43)21-29(28)36(30)41/h3-22H,1-2H3,(H,42,43)/b30-20+. The lowest BCUT2D eigenvalue weighted by Gasteiger charge is -2.42. The molecule has 0 saturated heterocycles. The number of para-hydroxylation sites is 2. The third-order valence-corrected chi connectivity index (χ3v) is 8.54. The van der Waals surface area contributed by atoms with Crippen LogP contribution in [0.2, 0.25) is 0 Å². The van der Waals surface area contributed by atoms with Crippen molar-refractivity contribution in [3.05, 3.63) is 154 Å². The lowest BCUT2D eigenvalue weighted by Crippen LogP contribution is -2.30. The number of anilines is 3. The Balaban J connectivity index is 1.24. The zero-order valence-corrected chi connectivity index (χ0v) is 23.7. The van der Waals surface area contributed by atoms with Crippen LogP contribution in [0.15, 0.2) is 121 Å². The quantitative estimate of drug-likeness (QED) is 0.176. The molecule has 5 nitrogen and oxygen atoms in total. The van der Waals surface area contributed by atoms with E-state index in [0.29, 0.717) is 5.56 Å². The molecule has 1 aliphatic heterocycles. The molecule has 7 rings (SSSR count). The van der Waals surface area contributed by atoms with Crippen molar-refractivity contribution in [2.45, 2.75) is 19.3 Å². The molecule has 208 valence electrons. The van der Waals surface area contributed by atoms with Gasteiger partial charge in [-0.05, 0) is 82.4 Å². The number of carboxylic acids is 1. The minimum atomic E-state index is -1.14. The topological polar surface area (TPSA) is 74.7 Å². The molecular formula is C38H27NO4. The molecule has 1 N–H and O–H groups in total. The van der Waals surface area contributed by atoms with E-state index >= 15 is 0 Å². The first kappa shape index (κ1) is 26.4. The van der Waals surface area contributed by atoms with Crippen LogP contribution in [0, 0.1) is 0 Å². The van der Waals surface area contributed by atoms with Gasteiger partial charge in [0.05, 0.1) is 22.5 Å². The van der Waals surface area contributed by atoms with Gasteiger partial charge in [0.2, 0.25) is 0 Å². The fourth-order valence-corrected chi connectivity index (χ4v) is 6.26. The third kappa shape index (κ3) is 4.20. The molecule has 5 aromatic carbocycles. The number of ketones is 2. The minimum Gasteiger partial charge on any atom is -0.478 e. The summed E-state index contributed by atoms with van der Waals surface area (Å²) < 4.78 is 0. The van der Waals surface area contributed by atoms with Crippen molar-refractivity contribution in [2.75, 3.05) is 4.90 Å². The first-order valence-corrected chi connectivity index (χ1v) is 14.1. The summed E-state index contributed by atoms with van der Waals surface area (Å²) in [6.45, 7) is 4.53. The number of carbonyl (C=O) groups is 3. The van der Waals surface area contributed by atoms with Gasteiger partial charge in [0.25, 0.3) is 0 Å². The van der Waals surface area contributed by atoms with E-state index in [9.17, 15) is 19.5 Å². The molecule has 0 spiro atoms. The first-order valence-electron chi connectivity index (χ1n) is 14.1. The van der Waals surface area contributed by atoms with Crippen LogP contribution in [0.4, 0.5) is 17.1 Å². The second-order valence-electron chi connectivity index (χ2n) is 11.4. The molecule has 0 fully saturated rings. The molecule has 0 bridgehead atoms. The number of fused-ring (bicyclic) bond motifs is 3. The lowest BCUT2D eigenvalue weighted by molar-refractivity contribution is 0.0696. The van der Waals surface area contributed by atoms with Crippen molar-refractivity contribution in [3.8, 4) is 11.1 Å². The maximum Gasteiger partial charge on any atom is 0.335 e. The monoisotopic (exact) mass is 561 g/mol. The number of nitrogens with zero attached hydrogens (tertiary/aromatic N) is 1. The lowest BCUT2D eigenvalue weighted by atomic mass is 9.73. The number of rotatable bonds is 4. The number of carbonyl (C=O) groups excluding carboxylic acids is 2. The van der Waals surface area contributed by atoms with Gasteiger partial charge in [-0.2, -0.15) is 0 Å². The van der Waals surface area contributed by atoms with Crippen LogP contribution < -0.4 is 4.90 Å². The van der Waals surface area contributed by atoms with Gasteiger partial charge in [-0.25, -0.2) is 4.79 Å². The van der Waals surface area contributed by atoms with E-state index in [2.05, 4.69) is 85.5 Å². The second-order valence-corrected chi connectivity index (χ2v) is 11.4. The second kappa shape index (κ2) is 9.78.